The van der Waals surface area contributed by atoms with Crippen molar-refractivity contribution in [3.63, 3.8) is 0 Å². The molecule has 1 amide bonds. The average molecular weight is 244 g/mol. The summed E-state index contributed by atoms with van der Waals surface area (Å²) in [7, 11) is 1.92. The average Bonchev–Trinajstić information content (AvgIpc) is 2.89. The lowest BCUT2D eigenvalue weighted by Gasteiger charge is -2.17. The molecule has 1 saturated carbocycles. The van der Waals surface area contributed by atoms with E-state index in [1.807, 2.05) is 24.1 Å². The number of rotatable bonds is 3. The summed E-state index contributed by atoms with van der Waals surface area (Å²) >= 11 is 0. The lowest BCUT2D eigenvalue weighted by molar-refractivity contribution is 0.0787. The predicted molar refractivity (Wildman–Crippen MR) is 71.2 cm³/mol. The van der Waals surface area contributed by atoms with Crippen molar-refractivity contribution in [2.45, 2.75) is 26.4 Å². The van der Waals surface area contributed by atoms with Crippen molar-refractivity contribution in [2.75, 3.05) is 13.6 Å². The largest absolute Gasteiger partial charge is 0.341 e. The van der Waals surface area contributed by atoms with Crippen LogP contribution in [0.1, 0.15) is 34.8 Å². The molecule has 96 valence electrons. The Kier molecular flexibility index (Phi) is 2.86. The van der Waals surface area contributed by atoms with E-state index in [1.165, 1.54) is 17.5 Å². The first-order valence-corrected chi connectivity index (χ1v) is 6.73. The Bertz CT molecular complexity index is 483. The van der Waals surface area contributed by atoms with E-state index in [9.17, 15) is 4.79 Å². The van der Waals surface area contributed by atoms with Gasteiger partial charge in [-0.1, -0.05) is 13.0 Å². The number of fused-ring (bicyclic) bond motifs is 1. The maximum absolute atomic E-state index is 12.3. The Morgan fingerprint density at radius 3 is 2.83 bits per heavy atom. The molecule has 0 radical (unpaired) electrons. The minimum Gasteiger partial charge on any atom is -0.341 e. The summed E-state index contributed by atoms with van der Waals surface area (Å²) < 4.78 is 0. The van der Waals surface area contributed by atoms with Crippen molar-refractivity contribution < 1.29 is 4.79 Å². The van der Waals surface area contributed by atoms with Crippen LogP contribution in [0, 0.1) is 11.8 Å². The normalized spacial score (nSPS) is 24.8. The molecule has 3 heteroatoms. The zero-order valence-corrected chi connectivity index (χ0v) is 11.1. The second-order valence-corrected chi connectivity index (χ2v) is 5.75. The first-order chi connectivity index (χ1) is 8.65. The van der Waals surface area contributed by atoms with Gasteiger partial charge in [-0.25, -0.2) is 0 Å². The molecule has 0 saturated heterocycles. The Labute approximate surface area is 108 Å². The lowest BCUT2D eigenvalue weighted by Crippen LogP contribution is -2.29. The van der Waals surface area contributed by atoms with Crippen LogP contribution in [0.25, 0.3) is 0 Å². The van der Waals surface area contributed by atoms with Gasteiger partial charge in [-0.15, -0.1) is 0 Å². The molecule has 1 aliphatic carbocycles. The van der Waals surface area contributed by atoms with Crippen molar-refractivity contribution >= 4 is 5.91 Å². The molecule has 1 fully saturated rings. The SMILES string of the molecule is CC1CC1CN(C)C(=O)c1ccc2c(c1)CNC2. The number of amides is 1. The highest BCUT2D eigenvalue weighted by molar-refractivity contribution is 5.94. The fourth-order valence-electron chi connectivity index (χ4n) is 2.74. The molecular weight excluding hydrogens is 224 g/mol. The van der Waals surface area contributed by atoms with Crippen LogP contribution >= 0.6 is 0 Å². The van der Waals surface area contributed by atoms with Crippen molar-refractivity contribution in [1.29, 1.82) is 0 Å². The van der Waals surface area contributed by atoms with E-state index in [4.69, 9.17) is 0 Å². The highest BCUT2D eigenvalue weighted by Crippen LogP contribution is 2.38. The number of carbonyl (C=O) groups excluding carboxylic acids is 1. The molecule has 1 aromatic carbocycles. The molecule has 1 aromatic rings. The molecule has 0 spiro atoms. The zero-order valence-electron chi connectivity index (χ0n) is 11.1. The van der Waals surface area contributed by atoms with Crippen molar-refractivity contribution in [2.24, 2.45) is 11.8 Å². The standard InChI is InChI=1S/C15H20N2O/c1-10-5-14(10)9-17(2)15(18)11-3-4-12-7-16-8-13(12)6-11/h3-4,6,10,14,16H,5,7-9H2,1-2H3. The van der Waals surface area contributed by atoms with Gasteiger partial charge in [0.1, 0.15) is 0 Å². The maximum Gasteiger partial charge on any atom is 0.253 e. The van der Waals surface area contributed by atoms with Crippen molar-refractivity contribution in [1.82, 2.24) is 10.2 Å². The van der Waals surface area contributed by atoms with Crippen molar-refractivity contribution in [3.05, 3.63) is 34.9 Å². The van der Waals surface area contributed by atoms with E-state index in [0.29, 0.717) is 0 Å². The van der Waals surface area contributed by atoms with Gasteiger partial charge >= 0.3 is 0 Å². The number of carbonyl (C=O) groups is 1. The molecule has 2 aliphatic rings. The van der Waals surface area contributed by atoms with E-state index in [-0.39, 0.29) is 5.91 Å². The quantitative estimate of drug-likeness (QED) is 0.882. The van der Waals surface area contributed by atoms with Gasteiger partial charge in [0.15, 0.2) is 0 Å². The van der Waals surface area contributed by atoms with E-state index < -0.39 is 0 Å². The summed E-state index contributed by atoms with van der Waals surface area (Å²) in [6, 6.07) is 6.08. The highest BCUT2D eigenvalue weighted by atomic mass is 16.2. The van der Waals surface area contributed by atoms with Crippen LogP contribution in [0.5, 0.6) is 0 Å². The smallest absolute Gasteiger partial charge is 0.253 e. The monoisotopic (exact) mass is 244 g/mol. The molecule has 18 heavy (non-hydrogen) atoms. The molecule has 0 aromatic heterocycles. The first kappa shape index (κ1) is 11.7. The molecule has 2 unspecified atom stereocenters. The van der Waals surface area contributed by atoms with Crippen LogP contribution in [0.2, 0.25) is 0 Å². The third-order valence-corrected chi connectivity index (χ3v) is 4.22. The summed E-state index contributed by atoms with van der Waals surface area (Å²) in [6.45, 7) is 4.97. The van der Waals surface area contributed by atoms with Gasteiger partial charge in [-0.3, -0.25) is 4.79 Å². The number of benzene rings is 1. The minimum atomic E-state index is 0.156. The number of nitrogens with one attached hydrogen (secondary N) is 1. The third kappa shape index (κ3) is 2.15. The molecule has 1 heterocycles. The van der Waals surface area contributed by atoms with Crippen LogP contribution < -0.4 is 5.32 Å². The summed E-state index contributed by atoms with van der Waals surface area (Å²) in [5.74, 6) is 1.67. The first-order valence-electron chi connectivity index (χ1n) is 6.73. The summed E-state index contributed by atoms with van der Waals surface area (Å²) in [5, 5.41) is 3.31. The highest BCUT2D eigenvalue weighted by Gasteiger charge is 2.34. The van der Waals surface area contributed by atoms with Gasteiger partial charge in [-0.2, -0.15) is 0 Å². The van der Waals surface area contributed by atoms with Crippen LogP contribution in [0.3, 0.4) is 0 Å². The number of hydrogen-bond acceptors (Lipinski definition) is 2. The van der Waals surface area contributed by atoms with Crippen LogP contribution in [0.4, 0.5) is 0 Å². The summed E-state index contributed by atoms with van der Waals surface area (Å²) in [5.41, 5.74) is 3.42. The fraction of sp³-hybridized carbons (Fsp3) is 0.533. The van der Waals surface area contributed by atoms with E-state index >= 15 is 0 Å². The van der Waals surface area contributed by atoms with Gasteiger partial charge in [0.05, 0.1) is 0 Å². The lowest BCUT2D eigenvalue weighted by atomic mass is 10.1. The zero-order chi connectivity index (χ0) is 12.7. The Morgan fingerprint density at radius 1 is 1.39 bits per heavy atom. The molecule has 3 nitrogen and oxygen atoms in total. The van der Waals surface area contributed by atoms with Crippen LogP contribution in [-0.4, -0.2) is 24.4 Å². The molecule has 3 rings (SSSR count). The Hall–Kier alpha value is -1.35. The van der Waals surface area contributed by atoms with Gasteiger partial charge < -0.3 is 10.2 Å². The summed E-state index contributed by atoms with van der Waals surface area (Å²) in [6.07, 6.45) is 1.27. The maximum atomic E-state index is 12.3. The van der Waals surface area contributed by atoms with Crippen LogP contribution in [0.15, 0.2) is 18.2 Å². The molecule has 1 aliphatic heterocycles. The van der Waals surface area contributed by atoms with Gasteiger partial charge in [0.2, 0.25) is 0 Å². The Balaban J connectivity index is 1.71. The Morgan fingerprint density at radius 2 is 2.11 bits per heavy atom. The summed E-state index contributed by atoms with van der Waals surface area (Å²) in [4.78, 5) is 14.2. The topological polar surface area (TPSA) is 32.3 Å². The minimum absolute atomic E-state index is 0.156. The molecule has 0 bridgehead atoms. The molecular formula is C15H20N2O. The number of nitrogens with zero attached hydrogens (tertiary/aromatic N) is 1. The second kappa shape index (κ2) is 4.39. The number of hydrogen-bond donors (Lipinski definition) is 1. The van der Waals surface area contributed by atoms with Crippen LogP contribution in [-0.2, 0) is 13.1 Å². The van der Waals surface area contributed by atoms with Gasteiger partial charge in [0.25, 0.3) is 5.91 Å². The molecule has 1 N–H and O–H groups in total. The van der Waals surface area contributed by atoms with E-state index in [2.05, 4.69) is 18.3 Å². The van der Waals surface area contributed by atoms with E-state index in [1.54, 1.807) is 0 Å². The predicted octanol–water partition coefficient (Wildman–Crippen LogP) is 2.02. The fourth-order valence-corrected chi connectivity index (χ4v) is 2.74. The second-order valence-electron chi connectivity index (χ2n) is 5.75. The third-order valence-electron chi connectivity index (χ3n) is 4.22. The molecule has 2 atom stereocenters. The van der Waals surface area contributed by atoms with E-state index in [0.717, 1.165) is 37.0 Å². The van der Waals surface area contributed by atoms with Gasteiger partial charge in [-0.05, 0) is 41.5 Å². The van der Waals surface area contributed by atoms with Gasteiger partial charge in [0, 0.05) is 32.2 Å². The van der Waals surface area contributed by atoms with Crippen molar-refractivity contribution in [3.8, 4) is 0 Å².